The van der Waals surface area contributed by atoms with E-state index in [1.165, 1.54) is 0 Å². The van der Waals surface area contributed by atoms with Crippen LogP contribution in [0.1, 0.15) is 27.8 Å². The minimum atomic E-state index is 0. The Morgan fingerprint density at radius 2 is 2.17 bits per heavy atom. The van der Waals surface area contributed by atoms with Gasteiger partial charge in [0.05, 0.1) is 18.9 Å². The summed E-state index contributed by atoms with van der Waals surface area (Å²) in [7, 11) is 1.66. The number of benzene rings is 1. The molecule has 132 valence electrons. The second-order valence-electron chi connectivity index (χ2n) is 5.49. The number of hydrogen-bond donors (Lipinski definition) is 3. The fourth-order valence-corrected chi connectivity index (χ4v) is 2.37. The first-order valence-electron chi connectivity index (χ1n) is 7.88. The molecule has 6 heteroatoms. The molecule has 1 atom stereocenters. The van der Waals surface area contributed by atoms with Gasteiger partial charge in [-0.1, -0.05) is 0 Å². The number of ether oxygens (including phenoxy) is 2. The number of nitrogen functional groups attached to an aromatic ring is 1. The second kappa shape index (κ2) is 8.31. The average Bonchev–Trinajstić information content (AvgIpc) is 2.56. The van der Waals surface area contributed by atoms with Gasteiger partial charge in [0.25, 0.3) is 0 Å². The lowest BCUT2D eigenvalue weighted by molar-refractivity contribution is 0.190. The number of hydrogen-bond acceptors (Lipinski definition) is 6. The molecular formula is C18H28N4O2. The number of methoxy groups -OCH3 is 1. The lowest BCUT2D eigenvalue weighted by Crippen LogP contribution is -2.21. The van der Waals surface area contributed by atoms with Crippen LogP contribution in [0.3, 0.4) is 0 Å². The third-order valence-corrected chi connectivity index (χ3v) is 3.46. The van der Waals surface area contributed by atoms with Gasteiger partial charge in [0, 0.05) is 39.0 Å². The van der Waals surface area contributed by atoms with E-state index in [4.69, 9.17) is 20.6 Å². The van der Waals surface area contributed by atoms with Gasteiger partial charge >= 0.3 is 0 Å². The summed E-state index contributed by atoms with van der Waals surface area (Å²) in [6.45, 7) is 5.07. The van der Waals surface area contributed by atoms with Crippen LogP contribution in [0.25, 0.3) is 0 Å². The molecule has 4 N–H and O–H groups in total. The normalized spacial score (nSPS) is 11.8. The SMILES string of the molecule is CCOc1ccc(N)c(C(=N)c2ccnc(N[C@@H](C)COC)c2)c1.[HH].[HH]. The van der Waals surface area contributed by atoms with E-state index < -0.39 is 0 Å². The van der Waals surface area contributed by atoms with Crippen LogP contribution in [0.15, 0.2) is 36.5 Å². The van der Waals surface area contributed by atoms with Crippen LogP contribution in [-0.2, 0) is 4.74 Å². The van der Waals surface area contributed by atoms with Gasteiger partial charge in [-0.3, -0.25) is 5.41 Å². The van der Waals surface area contributed by atoms with Gasteiger partial charge in [0.2, 0.25) is 0 Å². The zero-order chi connectivity index (χ0) is 17.5. The Bertz CT molecular complexity index is 713. The van der Waals surface area contributed by atoms with E-state index in [0.717, 1.165) is 5.56 Å². The van der Waals surface area contributed by atoms with Gasteiger partial charge in [0.1, 0.15) is 11.6 Å². The molecule has 1 aromatic carbocycles. The molecule has 0 saturated heterocycles. The highest BCUT2D eigenvalue weighted by Gasteiger charge is 2.12. The average molecular weight is 332 g/mol. The van der Waals surface area contributed by atoms with Crippen molar-refractivity contribution >= 4 is 17.2 Å². The minimum absolute atomic E-state index is 0. The Morgan fingerprint density at radius 1 is 1.38 bits per heavy atom. The Hall–Kier alpha value is -2.60. The van der Waals surface area contributed by atoms with E-state index in [1.54, 1.807) is 31.5 Å². The van der Waals surface area contributed by atoms with Crippen molar-refractivity contribution in [3.05, 3.63) is 47.7 Å². The molecule has 0 aliphatic heterocycles. The smallest absolute Gasteiger partial charge is 0.126 e. The van der Waals surface area contributed by atoms with Crippen molar-refractivity contribution < 1.29 is 12.3 Å². The van der Waals surface area contributed by atoms with E-state index in [-0.39, 0.29) is 8.90 Å². The molecule has 2 rings (SSSR count). The Morgan fingerprint density at radius 3 is 2.88 bits per heavy atom. The Kier molecular flexibility index (Phi) is 6.14. The van der Waals surface area contributed by atoms with Crippen molar-refractivity contribution in [3.63, 3.8) is 0 Å². The molecule has 0 bridgehead atoms. The fraction of sp³-hybridized carbons (Fsp3) is 0.333. The summed E-state index contributed by atoms with van der Waals surface area (Å²) < 4.78 is 10.6. The molecule has 0 aliphatic rings. The standard InChI is InChI=1S/C18H24N4O2.2H2/c1-4-24-14-5-6-16(19)15(10-14)18(20)13-7-8-21-17(9-13)22-12(2)11-23-3;;/h5-10,12,20H,4,11,19H2,1-3H3,(H,21,22);2*1H/t12-;;/m0../s1. The van der Waals surface area contributed by atoms with Crippen molar-refractivity contribution in [3.8, 4) is 5.75 Å². The van der Waals surface area contributed by atoms with Crippen LogP contribution in [0.4, 0.5) is 11.5 Å². The molecule has 6 nitrogen and oxygen atoms in total. The zero-order valence-corrected chi connectivity index (χ0v) is 14.3. The molecule has 2 aromatic rings. The molecule has 0 fully saturated rings. The molecule has 0 spiro atoms. The number of nitrogens with one attached hydrogen (secondary N) is 2. The number of nitrogens with two attached hydrogens (primary N) is 1. The van der Waals surface area contributed by atoms with E-state index in [0.29, 0.717) is 41.7 Å². The predicted octanol–water partition coefficient (Wildman–Crippen LogP) is 3.42. The van der Waals surface area contributed by atoms with Crippen LogP contribution in [0.5, 0.6) is 5.75 Å². The first-order chi connectivity index (χ1) is 11.5. The topological polar surface area (TPSA) is 93.3 Å². The quantitative estimate of drug-likeness (QED) is 0.509. The minimum Gasteiger partial charge on any atom is -0.494 e. The van der Waals surface area contributed by atoms with Gasteiger partial charge in [-0.05, 0) is 44.2 Å². The Labute approximate surface area is 145 Å². The van der Waals surface area contributed by atoms with E-state index >= 15 is 0 Å². The first kappa shape index (κ1) is 17.7. The van der Waals surface area contributed by atoms with Crippen LogP contribution >= 0.6 is 0 Å². The highest BCUT2D eigenvalue weighted by atomic mass is 16.5. The van der Waals surface area contributed by atoms with Gasteiger partial charge in [-0.2, -0.15) is 0 Å². The summed E-state index contributed by atoms with van der Waals surface area (Å²) >= 11 is 0. The fourth-order valence-electron chi connectivity index (χ4n) is 2.37. The lowest BCUT2D eigenvalue weighted by Gasteiger charge is -2.15. The number of anilines is 2. The van der Waals surface area contributed by atoms with Crippen LogP contribution < -0.4 is 15.8 Å². The molecule has 0 amide bonds. The van der Waals surface area contributed by atoms with Crippen molar-refractivity contribution in [1.29, 1.82) is 5.41 Å². The summed E-state index contributed by atoms with van der Waals surface area (Å²) in [5.41, 5.74) is 8.29. The summed E-state index contributed by atoms with van der Waals surface area (Å²) in [5.74, 6) is 1.40. The van der Waals surface area contributed by atoms with E-state index in [2.05, 4.69) is 10.3 Å². The van der Waals surface area contributed by atoms with Gasteiger partial charge in [0.15, 0.2) is 0 Å². The largest absolute Gasteiger partial charge is 0.494 e. The van der Waals surface area contributed by atoms with E-state index in [1.807, 2.05) is 26.0 Å². The molecule has 0 unspecified atom stereocenters. The molecule has 0 saturated carbocycles. The number of pyridine rings is 1. The van der Waals surface area contributed by atoms with Gasteiger partial charge in [-0.15, -0.1) is 0 Å². The Balaban J connectivity index is 0.00000312. The van der Waals surface area contributed by atoms with Crippen molar-refractivity contribution in [2.24, 2.45) is 0 Å². The number of aromatic nitrogens is 1. The summed E-state index contributed by atoms with van der Waals surface area (Å²) in [6.07, 6.45) is 1.67. The third kappa shape index (κ3) is 4.45. The summed E-state index contributed by atoms with van der Waals surface area (Å²) in [6, 6.07) is 9.11. The summed E-state index contributed by atoms with van der Waals surface area (Å²) in [5, 5.41) is 11.7. The summed E-state index contributed by atoms with van der Waals surface area (Å²) in [4.78, 5) is 4.29. The van der Waals surface area contributed by atoms with Gasteiger partial charge < -0.3 is 20.5 Å². The monoisotopic (exact) mass is 332 g/mol. The van der Waals surface area contributed by atoms with Crippen molar-refractivity contribution in [1.82, 2.24) is 4.98 Å². The number of nitrogens with zero attached hydrogens (tertiary/aromatic N) is 1. The van der Waals surface area contributed by atoms with Crippen LogP contribution in [0, 0.1) is 5.41 Å². The number of rotatable bonds is 8. The lowest BCUT2D eigenvalue weighted by atomic mass is 10.0. The maximum atomic E-state index is 8.48. The predicted molar refractivity (Wildman–Crippen MR) is 101 cm³/mol. The maximum Gasteiger partial charge on any atom is 0.126 e. The van der Waals surface area contributed by atoms with Gasteiger partial charge in [-0.25, -0.2) is 4.98 Å². The molecule has 0 radical (unpaired) electrons. The highest BCUT2D eigenvalue weighted by molar-refractivity contribution is 6.14. The first-order valence-corrected chi connectivity index (χ1v) is 7.88. The second-order valence-corrected chi connectivity index (χ2v) is 5.49. The zero-order valence-electron chi connectivity index (χ0n) is 14.3. The van der Waals surface area contributed by atoms with Crippen LogP contribution in [0.2, 0.25) is 0 Å². The third-order valence-electron chi connectivity index (χ3n) is 3.46. The molecule has 0 aliphatic carbocycles. The molecule has 1 heterocycles. The molecule has 24 heavy (non-hydrogen) atoms. The maximum absolute atomic E-state index is 8.48. The highest BCUT2D eigenvalue weighted by Crippen LogP contribution is 2.23. The van der Waals surface area contributed by atoms with Crippen molar-refractivity contribution in [2.45, 2.75) is 19.9 Å². The van der Waals surface area contributed by atoms with Crippen LogP contribution in [-0.4, -0.2) is 37.1 Å². The van der Waals surface area contributed by atoms with E-state index in [9.17, 15) is 0 Å². The molecule has 1 aromatic heterocycles. The van der Waals surface area contributed by atoms with Crippen molar-refractivity contribution in [2.75, 3.05) is 31.4 Å². The molecular weight excluding hydrogens is 304 g/mol.